The molecule has 0 aromatic heterocycles. The fourth-order valence-corrected chi connectivity index (χ4v) is 4.31. The van der Waals surface area contributed by atoms with Gasteiger partial charge in [-0.15, -0.1) is 0 Å². The van der Waals surface area contributed by atoms with Crippen LogP contribution in [0.3, 0.4) is 0 Å². The number of benzene rings is 1. The van der Waals surface area contributed by atoms with Gasteiger partial charge in [0.1, 0.15) is 12.1 Å². The quantitative estimate of drug-likeness (QED) is 0.781. The second-order valence-corrected chi connectivity index (χ2v) is 7.89. The number of imide groups is 1. The largest absolute Gasteiger partial charge is 0.352 e. The van der Waals surface area contributed by atoms with Crippen LogP contribution in [0.5, 0.6) is 0 Å². The second-order valence-electron chi connectivity index (χ2n) is 7.89. The van der Waals surface area contributed by atoms with Crippen molar-refractivity contribution in [3.05, 3.63) is 35.9 Å². The molecule has 6 nitrogen and oxygen atoms in total. The maximum absolute atomic E-state index is 13.1. The minimum atomic E-state index is -1.09. The van der Waals surface area contributed by atoms with Gasteiger partial charge in [0, 0.05) is 6.04 Å². The van der Waals surface area contributed by atoms with E-state index >= 15 is 0 Å². The van der Waals surface area contributed by atoms with E-state index in [1.807, 2.05) is 37.3 Å². The van der Waals surface area contributed by atoms with Gasteiger partial charge in [0.05, 0.1) is 0 Å². The lowest BCUT2D eigenvalue weighted by molar-refractivity contribution is -0.135. The van der Waals surface area contributed by atoms with E-state index in [-0.39, 0.29) is 24.4 Å². The van der Waals surface area contributed by atoms with E-state index in [2.05, 4.69) is 24.5 Å². The minimum Gasteiger partial charge on any atom is -0.352 e. The van der Waals surface area contributed by atoms with Crippen LogP contribution in [0.2, 0.25) is 0 Å². The number of carbonyl (C=O) groups excluding carboxylic acids is 3. The lowest BCUT2D eigenvalue weighted by Crippen LogP contribution is -2.49. The average molecular weight is 371 g/mol. The van der Waals surface area contributed by atoms with Crippen LogP contribution in [0.1, 0.15) is 52.0 Å². The molecule has 0 bridgehead atoms. The molecule has 6 heteroatoms. The van der Waals surface area contributed by atoms with E-state index in [0.717, 1.165) is 23.3 Å². The highest BCUT2D eigenvalue weighted by Crippen LogP contribution is 2.32. The molecule has 1 saturated heterocycles. The van der Waals surface area contributed by atoms with Gasteiger partial charge in [-0.25, -0.2) is 4.79 Å². The lowest BCUT2D eigenvalue weighted by atomic mass is 9.78. The molecule has 4 amide bonds. The summed E-state index contributed by atoms with van der Waals surface area (Å²) in [5, 5.41) is 5.85. The van der Waals surface area contributed by atoms with Gasteiger partial charge < -0.3 is 10.6 Å². The van der Waals surface area contributed by atoms with Crippen molar-refractivity contribution < 1.29 is 14.4 Å². The summed E-state index contributed by atoms with van der Waals surface area (Å²) in [6.45, 7) is 5.98. The van der Waals surface area contributed by atoms with Crippen molar-refractivity contribution in [2.45, 2.75) is 58.0 Å². The van der Waals surface area contributed by atoms with Crippen LogP contribution >= 0.6 is 0 Å². The van der Waals surface area contributed by atoms with Crippen LogP contribution in [0.15, 0.2) is 30.3 Å². The molecular weight excluding hydrogens is 342 g/mol. The maximum atomic E-state index is 13.1. The summed E-state index contributed by atoms with van der Waals surface area (Å²) in [4.78, 5) is 39.2. The Balaban J connectivity index is 1.71. The van der Waals surface area contributed by atoms with Crippen LogP contribution in [0.25, 0.3) is 0 Å². The smallest absolute Gasteiger partial charge is 0.325 e. The first-order valence-corrected chi connectivity index (χ1v) is 9.88. The van der Waals surface area contributed by atoms with Crippen molar-refractivity contribution in [3.63, 3.8) is 0 Å². The van der Waals surface area contributed by atoms with Gasteiger partial charge in [-0.2, -0.15) is 0 Å². The molecule has 1 aliphatic carbocycles. The van der Waals surface area contributed by atoms with E-state index in [4.69, 9.17) is 0 Å². The van der Waals surface area contributed by atoms with E-state index in [1.54, 1.807) is 0 Å². The van der Waals surface area contributed by atoms with Crippen LogP contribution in [0.4, 0.5) is 4.79 Å². The fourth-order valence-electron chi connectivity index (χ4n) is 4.31. The predicted octanol–water partition coefficient (Wildman–Crippen LogP) is 2.78. The summed E-state index contributed by atoms with van der Waals surface area (Å²) < 4.78 is 0. The number of nitrogens with one attached hydrogen (secondary N) is 2. The first-order chi connectivity index (χ1) is 12.9. The van der Waals surface area contributed by atoms with Gasteiger partial charge in [0.15, 0.2) is 0 Å². The predicted molar refractivity (Wildman–Crippen MR) is 103 cm³/mol. The third-order valence-electron chi connectivity index (χ3n) is 6.33. The summed E-state index contributed by atoms with van der Waals surface area (Å²) in [7, 11) is 0. The second kappa shape index (κ2) is 7.71. The number of rotatable bonds is 5. The molecular formula is C21H29N3O3. The van der Waals surface area contributed by atoms with Crippen molar-refractivity contribution in [2.24, 2.45) is 11.8 Å². The van der Waals surface area contributed by atoms with Gasteiger partial charge in [0.2, 0.25) is 5.91 Å². The third-order valence-corrected chi connectivity index (χ3v) is 6.33. The van der Waals surface area contributed by atoms with Gasteiger partial charge in [-0.05, 0) is 30.2 Å². The van der Waals surface area contributed by atoms with Gasteiger partial charge in [-0.1, -0.05) is 63.9 Å². The van der Waals surface area contributed by atoms with Crippen molar-refractivity contribution in [3.8, 4) is 0 Å². The minimum absolute atomic E-state index is 0.104. The lowest BCUT2D eigenvalue weighted by Gasteiger charge is -2.34. The molecule has 2 N–H and O–H groups in total. The number of hydrogen-bond acceptors (Lipinski definition) is 3. The SMILES string of the molecule is CC[C@]1(c2ccccc2)NC(=O)N(CC(=O)N[C@@H]2CCC[C@H](C)[C@@H]2C)C1=O. The summed E-state index contributed by atoms with van der Waals surface area (Å²) in [5.41, 5.74) is -0.353. The molecule has 2 aliphatic rings. The Hall–Kier alpha value is -2.37. The summed E-state index contributed by atoms with van der Waals surface area (Å²) in [6.07, 6.45) is 3.64. The molecule has 1 heterocycles. The van der Waals surface area contributed by atoms with E-state index in [1.165, 1.54) is 6.42 Å². The number of urea groups is 1. The highest BCUT2D eigenvalue weighted by Gasteiger charge is 2.51. The Morgan fingerprint density at radius 3 is 2.59 bits per heavy atom. The highest BCUT2D eigenvalue weighted by atomic mass is 16.2. The molecule has 1 saturated carbocycles. The van der Waals surface area contributed by atoms with Crippen LogP contribution < -0.4 is 10.6 Å². The van der Waals surface area contributed by atoms with Crippen molar-refractivity contribution in [1.82, 2.24) is 15.5 Å². The Labute approximate surface area is 160 Å². The zero-order valence-electron chi connectivity index (χ0n) is 16.3. The molecule has 0 radical (unpaired) electrons. The molecule has 1 aliphatic heterocycles. The summed E-state index contributed by atoms with van der Waals surface area (Å²) >= 11 is 0. The molecule has 1 aromatic carbocycles. The molecule has 0 spiro atoms. The Morgan fingerprint density at radius 2 is 1.93 bits per heavy atom. The van der Waals surface area contributed by atoms with Crippen LogP contribution in [-0.2, 0) is 15.1 Å². The van der Waals surface area contributed by atoms with Crippen molar-refractivity contribution in [1.29, 1.82) is 0 Å². The van der Waals surface area contributed by atoms with E-state index < -0.39 is 11.6 Å². The van der Waals surface area contributed by atoms with Crippen molar-refractivity contribution in [2.75, 3.05) is 6.54 Å². The van der Waals surface area contributed by atoms with Gasteiger partial charge in [-0.3, -0.25) is 14.5 Å². The fraction of sp³-hybridized carbons (Fsp3) is 0.571. The standard InChI is InChI=1S/C21H29N3O3/c1-4-21(16-10-6-5-7-11-16)19(26)24(20(27)23-21)13-18(25)22-17-12-8-9-14(2)15(17)3/h5-7,10-11,14-15,17H,4,8-9,12-13H2,1-3H3,(H,22,25)(H,23,27)/t14-,15-,17+,21+/m0/s1. The number of hydrogen-bond donors (Lipinski definition) is 2. The monoisotopic (exact) mass is 371 g/mol. The van der Waals surface area contributed by atoms with Crippen LogP contribution in [-0.4, -0.2) is 35.3 Å². The summed E-state index contributed by atoms with van der Waals surface area (Å²) in [5.74, 6) is 0.322. The maximum Gasteiger partial charge on any atom is 0.325 e. The number of nitrogens with zero attached hydrogens (tertiary/aromatic N) is 1. The van der Waals surface area contributed by atoms with Gasteiger partial charge in [0.25, 0.3) is 5.91 Å². The molecule has 3 rings (SSSR count). The molecule has 2 fully saturated rings. The Morgan fingerprint density at radius 1 is 1.22 bits per heavy atom. The van der Waals surface area contributed by atoms with E-state index in [9.17, 15) is 14.4 Å². The first-order valence-electron chi connectivity index (χ1n) is 9.88. The molecule has 0 unspecified atom stereocenters. The summed E-state index contributed by atoms with van der Waals surface area (Å²) in [6, 6.07) is 8.80. The first kappa shape index (κ1) is 19.4. The number of amides is 4. The molecule has 146 valence electrons. The molecule has 4 atom stereocenters. The van der Waals surface area contributed by atoms with Gasteiger partial charge >= 0.3 is 6.03 Å². The Bertz CT molecular complexity index is 721. The normalized spacial score (nSPS) is 30.9. The zero-order chi connectivity index (χ0) is 19.6. The van der Waals surface area contributed by atoms with Crippen molar-refractivity contribution >= 4 is 17.8 Å². The molecule has 27 heavy (non-hydrogen) atoms. The zero-order valence-corrected chi connectivity index (χ0v) is 16.3. The van der Waals surface area contributed by atoms with E-state index in [0.29, 0.717) is 18.3 Å². The van der Waals surface area contributed by atoms with Crippen LogP contribution in [0, 0.1) is 11.8 Å². The topological polar surface area (TPSA) is 78.5 Å². The average Bonchev–Trinajstić information content (AvgIpc) is 2.91. The number of carbonyl (C=O) groups is 3. The molecule has 1 aromatic rings. The Kier molecular flexibility index (Phi) is 5.53. The highest BCUT2D eigenvalue weighted by molar-refractivity contribution is 6.09. The third kappa shape index (κ3) is 3.57.